The van der Waals surface area contributed by atoms with E-state index < -0.39 is 0 Å². The molecule has 2 heteroatoms. The molecule has 0 saturated heterocycles. The molecule has 1 rings (SSSR count). The van der Waals surface area contributed by atoms with E-state index >= 15 is 0 Å². The fourth-order valence-electron chi connectivity index (χ4n) is 1.51. The van der Waals surface area contributed by atoms with E-state index in [-0.39, 0.29) is 0 Å². The lowest BCUT2D eigenvalue weighted by molar-refractivity contribution is 0.312. The van der Waals surface area contributed by atoms with Gasteiger partial charge < -0.3 is 5.73 Å². The Kier molecular flexibility index (Phi) is 4.13. The number of nitrogens with zero attached hydrogens (tertiary/aromatic N) is 1. The lowest BCUT2D eigenvalue weighted by Gasteiger charge is -2.21. The first-order valence-corrected chi connectivity index (χ1v) is 5.74. The Labute approximate surface area is 92.9 Å². The molecule has 84 valence electrons. The maximum atomic E-state index is 5.58. The first-order valence-electron chi connectivity index (χ1n) is 5.74. The lowest BCUT2D eigenvalue weighted by Crippen LogP contribution is -2.09. The monoisotopic (exact) mass is 206 g/mol. The van der Waals surface area contributed by atoms with Gasteiger partial charge in [-0.25, -0.2) is 0 Å². The van der Waals surface area contributed by atoms with E-state index in [9.17, 15) is 0 Å². The number of hydrogen-bond acceptors (Lipinski definition) is 2. The largest absolute Gasteiger partial charge is 0.397 e. The number of anilines is 1. The first-order chi connectivity index (χ1) is 7.03. The van der Waals surface area contributed by atoms with Gasteiger partial charge in [-0.2, -0.15) is 0 Å². The standard InChI is InChI=1S/C13H22N2/c1-4-13(2,3)9-5-6-12-8-7-11(14)10-15-12/h7-8,10H,4-6,9,14H2,1-3H3. The zero-order valence-electron chi connectivity index (χ0n) is 10.1. The van der Waals surface area contributed by atoms with Crippen LogP contribution in [-0.4, -0.2) is 4.98 Å². The molecule has 0 aliphatic heterocycles. The minimum Gasteiger partial charge on any atom is -0.397 e. The molecule has 15 heavy (non-hydrogen) atoms. The van der Waals surface area contributed by atoms with Gasteiger partial charge in [0.15, 0.2) is 0 Å². The normalized spacial score (nSPS) is 11.7. The summed E-state index contributed by atoms with van der Waals surface area (Å²) < 4.78 is 0. The second kappa shape index (κ2) is 5.15. The van der Waals surface area contributed by atoms with Crippen molar-refractivity contribution in [3.63, 3.8) is 0 Å². The molecule has 2 nitrogen and oxygen atoms in total. The molecule has 0 aromatic carbocycles. The van der Waals surface area contributed by atoms with E-state index in [0.717, 1.165) is 17.8 Å². The van der Waals surface area contributed by atoms with Crippen molar-refractivity contribution < 1.29 is 0 Å². The van der Waals surface area contributed by atoms with Crippen LogP contribution in [0.4, 0.5) is 5.69 Å². The summed E-state index contributed by atoms with van der Waals surface area (Å²) in [6, 6.07) is 3.95. The molecule has 0 aliphatic rings. The lowest BCUT2D eigenvalue weighted by atomic mass is 9.84. The van der Waals surface area contributed by atoms with Gasteiger partial charge in [0, 0.05) is 5.69 Å². The zero-order chi connectivity index (χ0) is 11.3. The van der Waals surface area contributed by atoms with E-state index in [1.165, 1.54) is 19.3 Å². The highest BCUT2D eigenvalue weighted by atomic mass is 14.7. The molecular formula is C13H22N2. The molecule has 1 heterocycles. The summed E-state index contributed by atoms with van der Waals surface area (Å²) >= 11 is 0. The third-order valence-electron chi connectivity index (χ3n) is 3.09. The fourth-order valence-corrected chi connectivity index (χ4v) is 1.51. The highest BCUT2D eigenvalue weighted by Crippen LogP contribution is 2.26. The van der Waals surface area contributed by atoms with Gasteiger partial charge in [0.25, 0.3) is 0 Å². The van der Waals surface area contributed by atoms with Crippen LogP contribution in [0.5, 0.6) is 0 Å². The van der Waals surface area contributed by atoms with Crippen LogP contribution in [0, 0.1) is 5.41 Å². The Bertz CT molecular complexity index is 288. The minimum absolute atomic E-state index is 0.466. The predicted octanol–water partition coefficient (Wildman–Crippen LogP) is 3.42. The number of rotatable bonds is 5. The summed E-state index contributed by atoms with van der Waals surface area (Å²) in [6.45, 7) is 6.90. The predicted molar refractivity (Wildman–Crippen MR) is 65.7 cm³/mol. The molecule has 1 aromatic heterocycles. The van der Waals surface area contributed by atoms with Crippen molar-refractivity contribution in [3.05, 3.63) is 24.0 Å². The molecule has 0 radical (unpaired) electrons. The average molecular weight is 206 g/mol. The quantitative estimate of drug-likeness (QED) is 0.801. The van der Waals surface area contributed by atoms with Gasteiger partial charge in [-0.05, 0) is 36.8 Å². The van der Waals surface area contributed by atoms with Crippen LogP contribution in [-0.2, 0) is 6.42 Å². The summed E-state index contributed by atoms with van der Waals surface area (Å²) in [4.78, 5) is 4.30. The fraction of sp³-hybridized carbons (Fsp3) is 0.615. The molecule has 0 bridgehead atoms. The van der Waals surface area contributed by atoms with Gasteiger partial charge in [0.2, 0.25) is 0 Å². The Morgan fingerprint density at radius 1 is 1.33 bits per heavy atom. The Morgan fingerprint density at radius 2 is 2.07 bits per heavy atom. The van der Waals surface area contributed by atoms with Gasteiger partial charge in [0.05, 0.1) is 11.9 Å². The average Bonchev–Trinajstić information content (AvgIpc) is 2.21. The third kappa shape index (κ3) is 4.32. The summed E-state index contributed by atoms with van der Waals surface area (Å²) in [5.41, 5.74) is 7.94. The van der Waals surface area contributed by atoms with Crippen LogP contribution in [0.25, 0.3) is 0 Å². The summed E-state index contributed by atoms with van der Waals surface area (Å²) in [5, 5.41) is 0. The smallest absolute Gasteiger partial charge is 0.0501 e. The van der Waals surface area contributed by atoms with Crippen molar-refractivity contribution in [1.82, 2.24) is 4.98 Å². The second-order valence-electron chi connectivity index (χ2n) is 4.95. The van der Waals surface area contributed by atoms with Crippen LogP contribution in [0.2, 0.25) is 0 Å². The molecule has 0 unspecified atom stereocenters. The maximum Gasteiger partial charge on any atom is 0.0501 e. The van der Waals surface area contributed by atoms with Gasteiger partial charge >= 0.3 is 0 Å². The molecular weight excluding hydrogens is 184 g/mol. The van der Waals surface area contributed by atoms with Crippen molar-refractivity contribution in [1.29, 1.82) is 0 Å². The molecule has 0 fully saturated rings. The van der Waals surface area contributed by atoms with E-state index in [4.69, 9.17) is 5.73 Å². The number of aryl methyl sites for hydroxylation is 1. The maximum absolute atomic E-state index is 5.58. The topological polar surface area (TPSA) is 38.9 Å². The molecule has 0 amide bonds. The zero-order valence-corrected chi connectivity index (χ0v) is 10.1. The van der Waals surface area contributed by atoms with Crippen LogP contribution in [0.1, 0.15) is 45.7 Å². The van der Waals surface area contributed by atoms with Gasteiger partial charge in [-0.15, -0.1) is 0 Å². The highest BCUT2D eigenvalue weighted by Gasteiger charge is 2.13. The molecule has 2 N–H and O–H groups in total. The summed E-state index contributed by atoms with van der Waals surface area (Å²) in [5.74, 6) is 0. The van der Waals surface area contributed by atoms with E-state index in [2.05, 4.69) is 25.8 Å². The van der Waals surface area contributed by atoms with Crippen LogP contribution in [0.3, 0.4) is 0 Å². The molecule has 1 aromatic rings. The van der Waals surface area contributed by atoms with Crippen LogP contribution in [0.15, 0.2) is 18.3 Å². The molecule has 0 atom stereocenters. The minimum atomic E-state index is 0.466. The molecule has 0 saturated carbocycles. The number of nitrogens with two attached hydrogens (primary N) is 1. The van der Waals surface area contributed by atoms with Crippen molar-refractivity contribution in [2.24, 2.45) is 5.41 Å². The SMILES string of the molecule is CCC(C)(C)CCCc1ccc(N)cn1. The Morgan fingerprint density at radius 3 is 2.60 bits per heavy atom. The van der Waals surface area contributed by atoms with Gasteiger partial charge in [0.1, 0.15) is 0 Å². The van der Waals surface area contributed by atoms with Crippen LogP contribution < -0.4 is 5.73 Å². The Hall–Kier alpha value is -1.05. The highest BCUT2D eigenvalue weighted by molar-refractivity contribution is 5.34. The summed E-state index contributed by atoms with van der Waals surface area (Å²) in [6.07, 6.45) is 6.50. The van der Waals surface area contributed by atoms with Gasteiger partial charge in [-0.3, -0.25) is 4.98 Å². The van der Waals surface area contributed by atoms with Gasteiger partial charge in [-0.1, -0.05) is 27.2 Å². The number of aromatic nitrogens is 1. The number of hydrogen-bond donors (Lipinski definition) is 1. The number of pyridine rings is 1. The van der Waals surface area contributed by atoms with Crippen molar-refractivity contribution in [3.8, 4) is 0 Å². The van der Waals surface area contributed by atoms with Crippen molar-refractivity contribution >= 4 is 5.69 Å². The van der Waals surface area contributed by atoms with E-state index in [0.29, 0.717) is 5.41 Å². The van der Waals surface area contributed by atoms with E-state index in [1.807, 2.05) is 12.1 Å². The van der Waals surface area contributed by atoms with E-state index in [1.54, 1.807) is 6.20 Å². The molecule has 0 aliphatic carbocycles. The summed E-state index contributed by atoms with van der Waals surface area (Å²) in [7, 11) is 0. The third-order valence-corrected chi connectivity index (χ3v) is 3.09. The van der Waals surface area contributed by atoms with Crippen LogP contribution >= 0.6 is 0 Å². The van der Waals surface area contributed by atoms with Crippen molar-refractivity contribution in [2.45, 2.75) is 46.5 Å². The van der Waals surface area contributed by atoms with Crippen molar-refractivity contribution in [2.75, 3.05) is 5.73 Å². The number of nitrogen functional groups attached to an aromatic ring is 1. The Balaban J connectivity index is 2.35. The molecule has 0 spiro atoms. The first kappa shape index (κ1) is 12.0. The second-order valence-corrected chi connectivity index (χ2v) is 4.95.